The zero-order valence-corrected chi connectivity index (χ0v) is 22.0. The van der Waals surface area contributed by atoms with Crippen LogP contribution in [0.1, 0.15) is 51.8 Å². The number of imide groups is 1. The SMILES string of the molecule is Bc1cc(C(B)N2CCOCC2)c(B)cc1C(B)Oc1cccc2c1CN(C1CCC(=O)NC1=O)C2=O. The van der Waals surface area contributed by atoms with Gasteiger partial charge in [0.25, 0.3) is 5.91 Å². The normalized spacial score (nSPS) is 21.9. The molecule has 0 saturated carbocycles. The van der Waals surface area contributed by atoms with Gasteiger partial charge in [-0.3, -0.25) is 24.6 Å². The number of carbonyl (C=O) groups excluding carboxylic acids is 3. The van der Waals surface area contributed by atoms with E-state index in [2.05, 4.69) is 45.9 Å². The Kier molecular flexibility index (Phi) is 7.23. The Hall–Kier alpha value is -2.97. The number of rotatable bonds is 6. The molecule has 1 N–H and O–H groups in total. The third kappa shape index (κ3) is 4.97. The largest absolute Gasteiger partial charge is 0.495 e. The Balaban J connectivity index is 1.35. The molecule has 188 valence electrons. The predicted octanol–water partition coefficient (Wildman–Crippen LogP) is -3.36. The van der Waals surface area contributed by atoms with Gasteiger partial charge in [0, 0.05) is 36.6 Å². The van der Waals surface area contributed by atoms with Gasteiger partial charge in [-0.2, -0.15) is 0 Å². The highest BCUT2D eigenvalue weighted by Crippen LogP contribution is 2.35. The van der Waals surface area contributed by atoms with Crippen molar-refractivity contribution in [3.8, 4) is 5.75 Å². The van der Waals surface area contributed by atoms with Gasteiger partial charge in [0.1, 0.15) is 35.3 Å². The van der Waals surface area contributed by atoms with E-state index in [1.165, 1.54) is 16.5 Å². The molecule has 3 aliphatic rings. The van der Waals surface area contributed by atoms with Crippen LogP contribution in [0.5, 0.6) is 5.75 Å². The van der Waals surface area contributed by atoms with E-state index in [1.54, 1.807) is 11.0 Å². The molecule has 5 rings (SSSR count). The molecule has 0 spiro atoms. The highest BCUT2D eigenvalue weighted by Gasteiger charge is 2.40. The summed E-state index contributed by atoms with van der Waals surface area (Å²) < 4.78 is 12.0. The van der Waals surface area contributed by atoms with Gasteiger partial charge in [-0.25, -0.2) is 0 Å². The first kappa shape index (κ1) is 25.7. The van der Waals surface area contributed by atoms with E-state index in [1.807, 2.05) is 20.0 Å². The summed E-state index contributed by atoms with van der Waals surface area (Å²) in [7, 11) is 8.55. The van der Waals surface area contributed by atoms with Crippen molar-refractivity contribution in [2.45, 2.75) is 37.4 Å². The zero-order valence-electron chi connectivity index (χ0n) is 22.0. The first-order chi connectivity index (χ1) is 17.7. The first-order valence-electron chi connectivity index (χ1n) is 13.1. The number of carbonyl (C=O) groups is 3. The van der Waals surface area contributed by atoms with E-state index in [4.69, 9.17) is 9.47 Å². The monoisotopic (exact) mass is 497 g/mol. The lowest BCUT2D eigenvalue weighted by atomic mass is 9.72. The van der Waals surface area contributed by atoms with Gasteiger partial charge < -0.3 is 14.4 Å². The van der Waals surface area contributed by atoms with Gasteiger partial charge in [-0.05, 0) is 29.7 Å². The molecule has 0 radical (unpaired) electrons. The van der Waals surface area contributed by atoms with E-state index in [0.717, 1.165) is 37.4 Å². The molecule has 2 saturated heterocycles. The molecule has 3 atom stereocenters. The molecular weight excluding hydrogens is 466 g/mol. The van der Waals surface area contributed by atoms with Crippen LogP contribution < -0.4 is 21.0 Å². The number of nitrogens with zero attached hydrogens (tertiary/aromatic N) is 2. The van der Waals surface area contributed by atoms with Crippen LogP contribution in [0, 0.1) is 0 Å². The third-order valence-corrected chi connectivity index (χ3v) is 7.98. The summed E-state index contributed by atoms with van der Waals surface area (Å²) in [5, 5.41) is 2.35. The van der Waals surface area contributed by atoms with Crippen LogP contribution in [0.2, 0.25) is 0 Å². The third-order valence-electron chi connectivity index (χ3n) is 7.98. The van der Waals surface area contributed by atoms with Crippen molar-refractivity contribution in [2.24, 2.45) is 0 Å². The summed E-state index contributed by atoms with van der Waals surface area (Å²) in [4.78, 5) is 41.2. The Morgan fingerprint density at radius 1 is 1.03 bits per heavy atom. The topological polar surface area (TPSA) is 88.2 Å². The van der Waals surface area contributed by atoms with Crippen molar-refractivity contribution >= 4 is 60.0 Å². The fourth-order valence-electron chi connectivity index (χ4n) is 5.83. The predicted molar refractivity (Wildman–Crippen MR) is 151 cm³/mol. The van der Waals surface area contributed by atoms with Crippen LogP contribution in [-0.4, -0.2) is 91.3 Å². The molecule has 0 aliphatic carbocycles. The summed E-state index contributed by atoms with van der Waals surface area (Å²) in [6, 6.07) is 9.10. The number of hydrogen-bond donors (Lipinski definition) is 1. The van der Waals surface area contributed by atoms with Crippen molar-refractivity contribution < 1.29 is 23.9 Å². The van der Waals surface area contributed by atoms with Crippen molar-refractivity contribution in [1.82, 2.24) is 15.1 Å². The molecule has 2 aromatic carbocycles. The second-order valence-electron chi connectivity index (χ2n) is 10.3. The second-order valence-corrected chi connectivity index (χ2v) is 10.3. The molecule has 3 unspecified atom stereocenters. The molecule has 0 bridgehead atoms. The number of amides is 3. The number of nitrogens with one attached hydrogen (secondary N) is 1. The number of benzene rings is 2. The van der Waals surface area contributed by atoms with E-state index >= 15 is 0 Å². The molecule has 3 heterocycles. The van der Waals surface area contributed by atoms with E-state index in [9.17, 15) is 14.4 Å². The molecule has 37 heavy (non-hydrogen) atoms. The Labute approximate surface area is 221 Å². The van der Waals surface area contributed by atoms with E-state index in [-0.39, 0.29) is 30.8 Å². The molecule has 2 aromatic rings. The minimum absolute atomic E-state index is 0.198. The highest BCUT2D eigenvalue weighted by atomic mass is 16.5. The van der Waals surface area contributed by atoms with Crippen LogP contribution in [0.25, 0.3) is 0 Å². The Morgan fingerprint density at radius 3 is 2.46 bits per heavy atom. The minimum Gasteiger partial charge on any atom is -0.495 e. The molecule has 8 nitrogen and oxygen atoms in total. The zero-order chi connectivity index (χ0) is 26.3. The fraction of sp³-hybridized carbons (Fsp3) is 0.400. The Morgan fingerprint density at radius 2 is 1.73 bits per heavy atom. The van der Waals surface area contributed by atoms with Crippen molar-refractivity contribution in [3.63, 3.8) is 0 Å². The summed E-state index contributed by atoms with van der Waals surface area (Å²) in [6.45, 7) is 3.72. The summed E-state index contributed by atoms with van der Waals surface area (Å²) in [6.07, 6.45) is 0.570. The quantitative estimate of drug-likeness (QED) is 0.332. The van der Waals surface area contributed by atoms with Gasteiger partial charge in [0.05, 0.1) is 25.8 Å². The van der Waals surface area contributed by atoms with E-state index < -0.39 is 11.9 Å². The van der Waals surface area contributed by atoms with Crippen LogP contribution in [0.3, 0.4) is 0 Å². The van der Waals surface area contributed by atoms with E-state index in [0.29, 0.717) is 23.7 Å². The first-order valence-corrected chi connectivity index (χ1v) is 13.1. The molecular formula is C25H31B4N3O5. The van der Waals surface area contributed by atoms with Gasteiger partial charge in [0.2, 0.25) is 11.8 Å². The van der Waals surface area contributed by atoms with Gasteiger partial charge in [-0.1, -0.05) is 29.1 Å². The number of ether oxygens (including phenoxy) is 2. The van der Waals surface area contributed by atoms with Crippen LogP contribution >= 0.6 is 0 Å². The standard InChI is InChI=1S/C25H31B4N3O5/c26-17-11-15(18(27)10-14(17)22(28)31-6-8-36-9-7-31)23(29)37-20-3-1-2-13-16(20)12-32(25(13)35)19-4-5-21(33)30-24(19)34/h1-3,10-11,19,22-23H,4-9,12,26-29H2,(H,30,33,34). The summed E-state index contributed by atoms with van der Waals surface area (Å²) >= 11 is 0. The average molecular weight is 497 g/mol. The molecule has 12 heteroatoms. The van der Waals surface area contributed by atoms with Crippen molar-refractivity contribution in [3.05, 3.63) is 52.6 Å². The average Bonchev–Trinajstić information content (AvgIpc) is 3.22. The number of morpholine rings is 1. The van der Waals surface area contributed by atoms with Crippen molar-refractivity contribution in [2.75, 3.05) is 26.3 Å². The van der Waals surface area contributed by atoms with Crippen LogP contribution in [0.15, 0.2) is 30.3 Å². The maximum atomic E-state index is 13.2. The summed E-state index contributed by atoms with van der Waals surface area (Å²) in [5.74, 6) is 0.0617. The lowest BCUT2D eigenvalue weighted by molar-refractivity contribution is -0.136. The lowest BCUT2D eigenvalue weighted by Crippen LogP contribution is -2.52. The number of piperidine rings is 1. The van der Waals surface area contributed by atoms with Gasteiger partial charge in [0.15, 0.2) is 7.85 Å². The van der Waals surface area contributed by atoms with Crippen LogP contribution in [0.4, 0.5) is 0 Å². The smallest absolute Gasteiger partial charge is 0.255 e. The molecule has 3 aliphatic heterocycles. The molecule has 3 amide bonds. The lowest BCUT2D eigenvalue weighted by Gasteiger charge is -2.34. The maximum absolute atomic E-state index is 13.2. The van der Waals surface area contributed by atoms with Crippen molar-refractivity contribution in [1.29, 1.82) is 0 Å². The number of hydrogen-bond acceptors (Lipinski definition) is 6. The number of fused-ring (bicyclic) bond motifs is 1. The van der Waals surface area contributed by atoms with Gasteiger partial charge in [-0.15, -0.1) is 0 Å². The maximum Gasteiger partial charge on any atom is 0.255 e. The molecule has 2 fully saturated rings. The summed E-state index contributed by atoms with van der Waals surface area (Å²) in [5.41, 5.74) is 6.17. The minimum atomic E-state index is -0.645. The Bertz CT molecular complexity index is 1250. The second kappa shape index (κ2) is 10.4. The fourth-order valence-corrected chi connectivity index (χ4v) is 5.83. The molecule has 0 aromatic heterocycles. The van der Waals surface area contributed by atoms with Gasteiger partial charge >= 0.3 is 0 Å². The van der Waals surface area contributed by atoms with Crippen LogP contribution in [-0.2, 0) is 20.9 Å². The highest BCUT2D eigenvalue weighted by molar-refractivity contribution is 6.38.